The lowest BCUT2D eigenvalue weighted by atomic mass is 10.1. The monoisotopic (exact) mass is 348 g/mol. The molecular weight excluding hydrogens is 326 g/mol. The maximum atomic E-state index is 14.2. The van der Waals surface area contributed by atoms with E-state index in [1.54, 1.807) is 30.5 Å². The molecule has 2 heterocycles. The molecule has 0 unspecified atom stereocenters. The Kier molecular flexibility index (Phi) is 4.29. The topological polar surface area (TPSA) is 54.2 Å². The van der Waals surface area contributed by atoms with Crippen LogP contribution in [-0.2, 0) is 13.1 Å². The van der Waals surface area contributed by atoms with Crippen LogP contribution in [-0.4, -0.2) is 50.1 Å². The molecule has 0 bridgehead atoms. The van der Waals surface area contributed by atoms with Crippen molar-refractivity contribution < 1.29 is 13.9 Å². The van der Waals surface area contributed by atoms with Crippen molar-refractivity contribution in [3.8, 4) is 0 Å². The van der Waals surface area contributed by atoms with Crippen LogP contribution in [0, 0.1) is 5.92 Å². The third kappa shape index (κ3) is 3.43. The predicted molar refractivity (Wildman–Crippen MR) is 88.2 cm³/mol. The number of piperidine rings is 1. The van der Waals surface area contributed by atoms with Crippen molar-refractivity contribution >= 4 is 0 Å². The summed E-state index contributed by atoms with van der Waals surface area (Å²) in [6.07, 6.45) is 3.09. The number of nitrogens with zero attached hydrogens (tertiary/aromatic N) is 4. The smallest absolute Gasteiger partial charge is 0.260 e. The zero-order valence-corrected chi connectivity index (χ0v) is 13.9. The molecule has 1 aliphatic heterocycles. The van der Waals surface area contributed by atoms with Gasteiger partial charge in [0.25, 0.3) is 5.92 Å². The van der Waals surface area contributed by atoms with Gasteiger partial charge < -0.3 is 5.11 Å². The van der Waals surface area contributed by atoms with Gasteiger partial charge in [0.2, 0.25) is 0 Å². The highest BCUT2D eigenvalue weighted by atomic mass is 19.3. The summed E-state index contributed by atoms with van der Waals surface area (Å²) < 4.78 is 29.8. The quantitative estimate of drug-likeness (QED) is 0.901. The summed E-state index contributed by atoms with van der Waals surface area (Å²) in [4.78, 5) is 2.21. The summed E-state index contributed by atoms with van der Waals surface area (Å²) in [6.45, 7) is 2.48. The fraction of sp³-hybridized carbons (Fsp3) is 0.556. The third-order valence-corrected chi connectivity index (χ3v) is 5.27. The summed E-state index contributed by atoms with van der Waals surface area (Å²) in [7, 11) is 0. The molecule has 5 nitrogen and oxygen atoms in total. The van der Waals surface area contributed by atoms with Crippen LogP contribution in [0.3, 0.4) is 0 Å². The molecule has 0 spiro atoms. The number of halogens is 2. The maximum absolute atomic E-state index is 14.2. The van der Waals surface area contributed by atoms with Gasteiger partial charge in [-0.3, -0.25) is 9.58 Å². The van der Waals surface area contributed by atoms with Crippen molar-refractivity contribution in [1.29, 1.82) is 0 Å². The minimum Gasteiger partial charge on any atom is -0.393 e. The first kappa shape index (κ1) is 16.6. The van der Waals surface area contributed by atoms with E-state index in [2.05, 4.69) is 15.2 Å². The number of alkyl halides is 2. The summed E-state index contributed by atoms with van der Waals surface area (Å²) >= 11 is 0. The molecule has 1 aromatic carbocycles. The van der Waals surface area contributed by atoms with Crippen LogP contribution in [0.15, 0.2) is 36.5 Å². The van der Waals surface area contributed by atoms with Crippen molar-refractivity contribution in [2.24, 2.45) is 5.92 Å². The van der Waals surface area contributed by atoms with Crippen LogP contribution in [0.4, 0.5) is 8.78 Å². The first-order valence-electron chi connectivity index (χ1n) is 8.76. The van der Waals surface area contributed by atoms with Crippen molar-refractivity contribution in [3.05, 3.63) is 47.8 Å². The van der Waals surface area contributed by atoms with E-state index in [-0.39, 0.29) is 12.6 Å². The Morgan fingerprint density at radius 2 is 1.88 bits per heavy atom. The van der Waals surface area contributed by atoms with Crippen LogP contribution in [0.25, 0.3) is 0 Å². The van der Waals surface area contributed by atoms with Crippen LogP contribution in [0.1, 0.15) is 30.0 Å². The molecule has 0 amide bonds. The van der Waals surface area contributed by atoms with Gasteiger partial charge in [-0.1, -0.05) is 35.5 Å². The standard InChI is InChI=1S/C18H22F2N4O/c19-18(20)16(17(18)13-4-2-1-3-5-13)12-24-11-14(21-22-24)10-23-8-6-15(25)7-9-23/h1-5,11,15-17,25H,6-10,12H2/t16-,17-/m1/s1. The molecule has 2 aliphatic rings. The highest BCUT2D eigenvalue weighted by Gasteiger charge is 2.68. The van der Waals surface area contributed by atoms with E-state index in [9.17, 15) is 13.9 Å². The van der Waals surface area contributed by atoms with Gasteiger partial charge in [0, 0.05) is 25.8 Å². The Morgan fingerprint density at radius 3 is 2.60 bits per heavy atom. The zero-order valence-electron chi connectivity index (χ0n) is 13.9. The first-order valence-corrected chi connectivity index (χ1v) is 8.76. The maximum Gasteiger partial charge on any atom is 0.260 e. The number of hydrogen-bond donors (Lipinski definition) is 1. The molecule has 1 saturated heterocycles. The third-order valence-electron chi connectivity index (χ3n) is 5.27. The van der Waals surface area contributed by atoms with Crippen molar-refractivity contribution in [3.63, 3.8) is 0 Å². The Bertz CT molecular complexity index is 713. The minimum atomic E-state index is -2.68. The predicted octanol–water partition coefficient (Wildman–Crippen LogP) is 2.28. The van der Waals surface area contributed by atoms with Crippen molar-refractivity contribution in [2.45, 2.75) is 43.9 Å². The van der Waals surface area contributed by atoms with Gasteiger partial charge in [0.15, 0.2) is 0 Å². The Balaban J connectivity index is 1.37. The summed E-state index contributed by atoms with van der Waals surface area (Å²) in [5, 5.41) is 17.7. The van der Waals surface area contributed by atoms with Gasteiger partial charge in [0.05, 0.1) is 30.2 Å². The van der Waals surface area contributed by atoms with Crippen molar-refractivity contribution in [1.82, 2.24) is 19.9 Å². The molecule has 25 heavy (non-hydrogen) atoms. The van der Waals surface area contributed by atoms with E-state index in [1.165, 1.54) is 4.68 Å². The molecule has 1 aromatic heterocycles. The molecule has 7 heteroatoms. The van der Waals surface area contributed by atoms with Gasteiger partial charge >= 0.3 is 0 Å². The van der Waals surface area contributed by atoms with E-state index < -0.39 is 17.8 Å². The highest BCUT2D eigenvalue weighted by molar-refractivity contribution is 5.32. The Labute approximate surface area is 145 Å². The second kappa shape index (κ2) is 6.46. The average Bonchev–Trinajstić information content (AvgIpc) is 2.92. The number of benzene rings is 1. The molecule has 1 aliphatic carbocycles. The number of aromatic nitrogens is 3. The number of aliphatic hydroxyl groups excluding tert-OH is 1. The molecule has 1 N–H and O–H groups in total. The number of likely N-dealkylation sites (tertiary alicyclic amines) is 1. The Morgan fingerprint density at radius 1 is 1.16 bits per heavy atom. The molecule has 2 fully saturated rings. The zero-order chi connectivity index (χ0) is 17.4. The summed E-state index contributed by atoms with van der Waals surface area (Å²) in [5.74, 6) is -4.14. The van der Waals surface area contributed by atoms with Crippen molar-refractivity contribution in [2.75, 3.05) is 13.1 Å². The van der Waals surface area contributed by atoms with Crippen LogP contribution in [0.2, 0.25) is 0 Å². The first-order chi connectivity index (χ1) is 12.0. The molecular formula is C18H22F2N4O. The van der Waals surface area contributed by atoms with Crippen LogP contribution in [0.5, 0.6) is 0 Å². The molecule has 2 atom stereocenters. The minimum absolute atomic E-state index is 0.179. The van der Waals surface area contributed by atoms with E-state index in [0.29, 0.717) is 12.1 Å². The largest absolute Gasteiger partial charge is 0.393 e. The lowest BCUT2D eigenvalue weighted by Crippen LogP contribution is -2.35. The van der Waals surface area contributed by atoms with E-state index >= 15 is 0 Å². The summed E-state index contributed by atoms with van der Waals surface area (Å²) in [6, 6.07) is 8.95. The fourth-order valence-corrected chi connectivity index (χ4v) is 3.74. The second-order valence-electron chi connectivity index (χ2n) is 7.11. The van der Waals surface area contributed by atoms with Gasteiger partial charge in [-0.05, 0) is 18.4 Å². The molecule has 1 saturated carbocycles. The number of aliphatic hydroxyl groups is 1. The van der Waals surface area contributed by atoms with E-state index in [4.69, 9.17) is 0 Å². The molecule has 4 rings (SSSR count). The lowest BCUT2D eigenvalue weighted by molar-refractivity contribution is 0.0786. The second-order valence-corrected chi connectivity index (χ2v) is 7.11. The van der Waals surface area contributed by atoms with Gasteiger partial charge in [-0.15, -0.1) is 5.10 Å². The number of hydrogen-bond acceptors (Lipinski definition) is 4. The Hall–Kier alpha value is -1.86. The molecule has 134 valence electrons. The van der Waals surface area contributed by atoms with Gasteiger partial charge in [0.1, 0.15) is 0 Å². The van der Waals surface area contributed by atoms with Crippen LogP contribution < -0.4 is 0 Å². The van der Waals surface area contributed by atoms with Gasteiger partial charge in [-0.25, -0.2) is 8.78 Å². The van der Waals surface area contributed by atoms with E-state index in [0.717, 1.165) is 31.6 Å². The number of rotatable bonds is 5. The normalized spacial score (nSPS) is 26.7. The van der Waals surface area contributed by atoms with Crippen LogP contribution >= 0.6 is 0 Å². The molecule has 2 aromatic rings. The SMILES string of the molecule is OC1CCN(Cc2cn(C[C@@H]3[C@@H](c4ccccc4)C3(F)F)nn2)CC1. The highest BCUT2D eigenvalue weighted by Crippen LogP contribution is 2.62. The fourth-order valence-electron chi connectivity index (χ4n) is 3.74. The van der Waals surface area contributed by atoms with Gasteiger partial charge in [-0.2, -0.15) is 0 Å². The average molecular weight is 348 g/mol. The molecule has 0 radical (unpaired) electrons. The lowest BCUT2D eigenvalue weighted by Gasteiger charge is -2.28. The summed E-state index contributed by atoms with van der Waals surface area (Å²) in [5.41, 5.74) is 1.47. The van der Waals surface area contributed by atoms with E-state index in [1.807, 2.05) is 6.07 Å².